The number of imidazole rings is 1. The molecule has 0 amide bonds. The fourth-order valence-electron chi connectivity index (χ4n) is 0.766. The Kier molecular flexibility index (Phi) is 2.40. The van der Waals surface area contributed by atoms with E-state index in [2.05, 4.69) is 43.0 Å². The monoisotopic (exact) mass is 167 g/mol. The van der Waals surface area contributed by atoms with Gasteiger partial charge in [-0.3, -0.25) is 0 Å². The molecule has 3 heteroatoms. The lowest BCUT2D eigenvalue weighted by Gasteiger charge is -2.27. The van der Waals surface area contributed by atoms with Crippen molar-refractivity contribution in [3.63, 3.8) is 0 Å². The normalized spacial score (nSPS) is 14.3. The van der Waals surface area contributed by atoms with E-state index >= 15 is 0 Å². The van der Waals surface area contributed by atoms with E-state index in [4.69, 9.17) is 0 Å². The van der Waals surface area contributed by atoms with Crippen LogP contribution in [-0.4, -0.2) is 16.0 Å². The Morgan fingerprint density at radius 3 is 2.58 bits per heavy atom. The number of aromatic amines is 1. The molecule has 1 atom stereocenters. The van der Waals surface area contributed by atoms with Crippen LogP contribution in [0.25, 0.3) is 0 Å². The van der Waals surface area contributed by atoms with Gasteiger partial charge in [0.05, 0.1) is 0 Å². The van der Waals surface area contributed by atoms with Gasteiger partial charge in [0.1, 0.15) is 0 Å². The number of nitrogens with zero attached hydrogens (tertiary/aromatic N) is 1. The van der Waals surface area contributed by atoms with Crippen LogP contribution in [0, 0.1) is 5.41 Å². The zero-order valence-electron chi connectivity index (χ0n) is 8.18. The summed E-state index contributed by atoms with van der Waals surface area (Å²) in [6.07, 6.45) is 3.56. The molecule has 0 saturated carbocycles. The Morgan fingerprint density at radius 2 is 2.17 bits per heavy atom. The van der Waals surface area contributed by atoms with Crippen LogP contribution in [0.4, 0.5) is 5.95 Å². The molecular weight excluding hydrogens is 150 g/mol. The second kappa shape index (κ2) is 3.17. The molecule has 0 radical (unpaired) electrons. The quantitative estimate of drug-likeness (QED) is 0.709. The molecule has 0 saturated heterocycles. The van der Waals surface area contributed by atoms with E-state index in [1.807, 2.05) is 6.20 Å². The number of rotatable bonds is 2. The first-order valence-corrected chi connectivity index (χ1v) is 4.26. The predicted molar refractivity (Wildman–Crippen MR) is 51.1 cm³/mol. The van der Waals surface area contributed by atoms with Gasteiger partial charge in [0.25, 0.3) is 0 Å². The van der Waals surface area contributed by atoms with Crippen molar-refractivity contribution in [3.8, 4) is 0 Å². The van der Waals surface area contributed by atoms with Crippen molar-refractivity contribution < 1.29 is 0 Å². The summed E-state index contributed by atoms with van der Waals surface area (Å²) in [4.78, 5) is 7.12. The van der Waals surface area contributed by atoms with Gasteiger partial charge in [0.2, 0.25) is 0 Å². The zero-order chi connectivity index (χ0) is 9.19. The van der Waals surface area contributed by atoms with E-state index in [0.717, 1.165) is 5.95 Å². The summed E-state index contributed by atoms with van der Waals surface area (Å²) >= 11 is 0. The van der Waals surface area contributed by atoms with E-state index in [-0.39, 0.29) is 5.41 Å². The molecule has 1 aromatic heterocycles. The van der Waals surface area contributed by atoms with Crippen LogP contribution < -0.4 is 5.32 Å². The average Bonchev–Trinajstić information content (AvgIpc) is 2.37. The second-order valence-electron chi connectivity index (χ2n) is 4.17. The first-order chi connectivity index (χ1) is 5.50. The summed E-state index contributed by atoms with van der Waals surface area (Å²) in [7, 11) is 0. The van der Waals surface area contributed by atoms with Gasteiger partial charge >= 0.3 is 0 Å². The largest absolute Gasteiger partial charge is 0.353 e. The maximum absolute atomic E-state index is 4.10. The maximum atomic E-state index is 4.10. The van der Waals surface area contributed by atoms with Gasteiger partial charge in [-0.2, -0.15) is 0 Å². The maximum Gasteiger partial charge on any atom is 0.200 e. The summed E-state index contributed by atoms with van der Waals surface area (Å²) < 4.78 is 0. The topological polar surface area (TPSA) is 40.7 Å². The lowest BCUT2D eigenvalue weighted by molar-refractivity contribution is 0.358. The van der Waals surface area contributed by atoms with E-state index < -0.39 is 0 Å². The number of anilines is 1. The first-order valence-electron chi connectivity index (χ1n) is 4.26. The highest BCUT2D eigenvalue weighted by molar-refractivity contribution is 5.25. The van der Waals surface area contributed by atoms with Gasteiger partial charge in [-0.1, -0.05) is 20.8 Å². The van der Waals surface area contributed by atoms with Gasteiger partial charge < -0.3 is 10.3 Å². The molecule has 0 spiro atoms. The molecule has 1 unspecified atom stereocenters. The van der Waals surface area contributed by atoms with Crippen LogP contribution >= 0.6 is 0 Å². The highest BCUT2D eigenvalue weighted by atomic mass is 15.1. The van der Waals surface area contributed by atoms with Gasteiger partial charge in [0, 0.05) is 18.4 Å². The molecule has 1 rings (SSSR count). The third-order valence-electron chi connectivity index (χ3n) is 2.15. The Bertz CT molecular complexity index is 220. The highest BCUT2D eigenvalue weighted by Gasteiger charge is 2.19. The van der Waals surface area contributed by atoms with Crippen molar-refractivity contribution in [1.82, 2.24) is 9.97 Å². The van der Waals surface area contributed by atoms with Crippen LogP contribution in [0.3, 0.4) is 0 Å². The van der Waals surface area contributed by atoms with Crippen LogP contribution in [-0.2, 0) is 0 Å². The zero-order valence-corrected chi connectivity index (χ0v) is 8.18. The van der Waals surface area contributed by atoms with Crippen LogP contribution in [0.5, 0.6) is 0 Å². The molecule has 0 aliphatic carbocycles. The SMILES string of the molecule is CC(Nc1ncc[nH]1)C(C)(C)C. The third kappa shape index (κ3) is 2.26. The van der Waals surface area contributed by atoms with Crippen LogP contribution in [0.15, 0.2) is 12.4 Å². The smallest absolute Gasteiger partial charge is 0.200 e. The molecule has 68 valence electrons. The van der Waals surface area contributed by atoms with Crippen LogP contribution in [0.2, 0.25) is 0 Å². The fourth-order valence-corrected chi connectivity index (χ4v) is 0.766. The summed E-state index contributed by atoms with van der Waals surface area (Å²) in [6, 6.07) is 0.406. The van der Waals surface area contributed by atoms with Crippen molar-refractivity contribution in [2.75, 3.05) is 5.32 Å². The number of hydrogen-bond acceptors (Lipinski definition) is 2. The van der Waals surface area contributed by atoms with E-state index in [0.29, 0.717) is 6.04 Å². The number of aromatic nitrogens is 2. The van der Waals surface area contributed by atoms with Crippen LogP contribution in [0.1, 0.15) is 27.7 Å². The van der Waals surface area contributed by atoms with E-state index in [9.17, 15) is 0 Å². The molecular formula is C9H17N3. The third-order valence-corrected chi connectivity index (χ3v) is 2.15. The molecule has 0 aliphatic rings. The van der Waals surface area contributed by atoms with Crippen molar-refractivity contribution in [2.45, 2.75) is 33.7 Å². The molecule has 0 aliphatic heterocycles. The molecule has 0 aromatic carbocycles. The Balaban J connectivity index is 2.53. The van der Waals surface area contributed by atoms with E-state index in [1.54, 1.807) is 6.20 Å². The van der Waals surface area contributed by atoms with Crippen molar-refractivity contribution >= 4 is 5.95 Å². The Labute approximate surface area is 73.6 Å². The number of hydrogen-bond donors (Lipinski definition) is 2. The highest BCUT2D eigenvalue weighted by Crippen LogP contribution is 2.20. The second-order valence-corrected chi connectivity index (χ2v) is 4.17. The molecule has 1 heterocycles. The minimum atomic E-state index is 0.257. The Hall–Kier alpha value is -0.990. The van der Waals surface area contributed by atoms with Crippen molar-refractivity contribution in [2.24, 2.45) is 5.41 Å². The molecule has 0 bridgehead atoms. The molecule has 1 aromatic rings. The lowest BCUT2D eigenvalue weighted by Crippen LogP contribution is -2.31. The molecule has 12 heavy (non-hydrogen) atoms. The van der Waals surface area contributed by atoms with Crippen molar-refractivity contribution in [3.05, 3.63) is 12.4 Å². The average molecular weight is 167 g/mol. The Morgan fingerprint density at radius 1 is 1.50 bits per heavy atom. The van der Waals surface area contributed by atoms with Gasteiger partial charge in [-0.15, -0.1) is 0 Å². The standard InChI is InChI=1S/C9H17N3/c1-7(9(2,3)4)12-8-10-5-6-11-8/h5-7H,1-4H3,(H2,10,11,12). The minimum Gasteiger partial charge on any atom is -0.353 e. The first kappa shape index (κ1) is 9.10. The van der Waals surface area contributed by atoms with E-state index in [1.165, 1.54) is 0 Å². The number of H-pyrrole nitrogens is 1. The molecule has 3 nitrogen and oxygen atoms in total. The lowest BCUT2D eigenvalue weighted by atomic mass is 9.88. The predicted octanol–water partition coefficient (Wildman–Crippen LogP) is 2.26. The molecule has 0 fully saturated rings. The number of nitrogens with one attached hydrogen (secondary N) is 2. The minimum absolute atomic E-state index is 0.257. The summed E-state index contributed by atoms with van der Waals surface area (Å²) in [5.74, 6) is 0.845. The summed E-state index contributed by atoms with van der Waals surface area (Å²) in [6.45, 7) is 8.76. The van der Waals surface area contributed by atoms with Gasteiger partial charge in [-0.05, 0) is 12.3 Å². The summed E-state index contributed by atoms with van der Waals surface area (Å²) in [5.41, 5.74) is 0.257. The van der Waals surface area contributed by atoms with Gasteiger partial charge in [0.15, 0.2) is 5.95 Å². The van der Waals surface area contributed by atoms with Gasteiger partial charge in [-0.25, -0.2) is 4.98 Å². The fraction of sp³-hybridized carbons (Fsp3) is 0.667. The molecule has 2 N–H and O–H groups in total. The van der Waals surface area contributed by atoms with Crippen molar-refractivity contribution in [1.29, 1.82) is 0 Å². The summed E-state index contributed by atoms with van der Waals surface area (Å²) in [5, 5.41) is 3.30.